The third kappa shape index (κ3) is 3.72. The van der Waals surface area contributed by atoms with Crippen LogP contribution in [0.1, 0.15) is 55.3 Å². The predicted octanol–water partition coefficient (Wildman–Crippen LogP) is 3.45. The fraction of sp³-hybridized carbons (Fsp3) is 0.348. The van der Waals surface area contributed by atoms with E-state index in [1.165, 1.54) is 21.5 Å². The van der Waals surface area contributed by atoms with Gasteiger partial charge in [-0.3, -0.25) is 9.36 Å². The number of rotatable bonds is 4. The number of carbonyl (C=O) groups is 2. The van der Waals surface area contributed by atoms with E-state index in [1.807, 2.05) is 6.07 Å². The van der Waals surface area contributed by atoms with E-state index in [4.69, 9.17) is 16.3 Å². The molecule has 3 aromatic rings. The lowest BCUT2D eigenvalue weighted by Gasteiger charge is -2.18. The zero-order chi connectivity index (χ0) is 23.7. The van der Waals surface area contributed by atoms with E-state index in [-0.39, 0.29) is 23.1 Å². The van der Waals surface area contributed by atoms with Crippen LogP contribution in [-0.2, 0) is 9.53 Å². The minimum atomic E-state index is -0.989. The number of carboxylic acids is 1. The number of carbonyl (C=O) groups excluding carboxylic acids is 1. The van der Waals surface area contributed by atoms with Crippen molar-refractivity contribution in [3.8, 4) is 16.8 Å². The van der Waals surface area contributed by atoms with Crippen LogP contribution >= 0.6 is 11.6 Å². The van der Waals surface area contributed by atoms with E-state index in [2.05, 4.69) is 10.3 Å². The van der Waals surface area contributed by atoms with E-state index >= 15 is 0 Å². The summed E-state index contributed by atoms with van der Waals surface area (Å²) in [6.45, 7) is 5.29. The Kier molecular flexibility index (Phi) is 4.72. The molecule has 1 aliphatic carbocycles. The van der Waals surface area contributed by atoms with Gasteiger partial charge in [0, 0.05) is 28.3 Å². The number of pyridine rings is 1. The molecule has 0 amide bonds. The second-order valence-electron chi connectivity index (χ2n) is 9.38. The summed E-state index contributed by atoms with van der Waals surface area (Å²) >= 11 is 6.26. The fourth-order valence-electron chi connectivity index (χ4n) is 4.47. The molecule has 1 N–H and O–H groups in total. The van der Waals surface area contributed by atoms with Crippen molar-refractivity contribution in [1.29, 1.82) is 0 Å². The number of hydrogen-bond acceptors (Lipinski definition) is 6. The second kappa shape index (κ2) is 7.28. The van der Waals surface area contributed by atoms with Crippen molar-refractivity contribution in [1.82, 2.24) is 19.6 Å². The third-order valence-corrected chi connectivity index (χ3v) is 6.11. The minimum absolute atomic E-state index is 0.0454. The Morgan fingerprint density at radius 1 is 1.21 bits per heavy atom. The van der Waals surface area contributed by atoms with Gasteiger partial charge in [0.15, 0.2) is 5.69 Å². The standard InChI is InChI=1S/C23H21ClN4O5/c1-23(2,3)33-22(32)16-10-27(26-25-16)17-5-4-12(24)8-13(17)11-6-18-14-9-15(14)20(21(30)31)28(18)19(29)7-11/h4-8,10,14-15,20H,9H2,1-3H3,(H,30,31)/t14-,15+,20+/m1/s1. The molecule has 10 heteroatoms. The quantitative estimate of drug-likeness (QED) is 0.583. The molecule has 0 radical (unpaired) electrons. The van der Waals surface area contributed by atoms with Crippen LogP contribution in [0.2, 0.25) is 5.02 Å². The highest BCUT2D eigenvalue weighted by Crippen LogP contribution is 2.59. The van der Waals surface area contributed by atoms with Crippen LogP contribution in [0.3, 0.4) is 0 Å². The number of benzene rings is 1. The fourth-order valence-corrected chi connectivity index (χ4v) is 4.64. The second-order valence-corrected chi connectivity index (χ2v) is 9.81. The maximum absolute atomic E-state index is 12.9. The molecule has 0 spiro atoms. The summed E-state index contributed by atoms with van der Waals surface area (Å²) in [5, 5.41) is 18.0. The van der Waals surface area contributed by atoms with Gasteiger partial charge < -0.3 is 9.84 Å². The summed E-state index contributed by atoms with van der Waals surface area (Å²) in [7, 11) is 0. The van der Waals surface area contributed by atoms with Crippen molar-refractivity contribution < 1.29 is 19.4 Å². The molecule has 5 rings (SSSR count). The molecular weight excluding hydrogens is 448 g/mol. The van der Waals surface area contributed by atoms with E-state index in [1.54, 1.807) is 39.0 Å². The minimum Gasteiger partial charge on any atom is -0.480 e. The Morgan fingerprint density at radius 3 is 2.67 bits per heavy atom. The van der Waals surface area contributed by atoms with Crippen LogP contribution < -0.4 is 5.56 Å². The van der Waals surface area contributed by atoms with Gasteiger partial charge in [-0.2, -0.15) is 0 Å². The first kappa shape index (κ1) is 21.4. The molecular formula is C23H21ClN4O5. The first-order valence-electron chi connectivity index (χ1n) is 10.5. The number of hydrogen-bond donors (Lipinski definition) is 1. The molecule has 2 aliphatic rings. The normalized spacial score (nSPS) is 20.8. The van der Waals surface area contributed by atoms with Crippen LogP contribution in [0.5, 0.6) is 0 Å². The first-order valence-corrected chi connectivity index (χ1v) is 10.9. The topological polar surface area (TPSA) is 116 Å². The number of aromatic nitrogens is 4. The zero-order valence-electron chi connectivity index (χ0n) is 18.2. The number of nitrogens with zero attached hydrogens (tertiary/aromatic N) is 4. The van der Waals surface area contributed by atoms with Crippen LogP contribution in [0, 0.1) is 5.92 Å². The lowest BCUT2D eigenvalue weighted by atomic mass is 10.0. The Hall–Kier alpha value is -3.46. The molecule has 0 unspecified atom stereocenters. The molecule has 0 saturated heterocycles. The van der Waals surface area contributed by atoms with Crippen LogP contribution in [0.25, 0.3) is 16.8 Å². The van der Waals surface area contributed by atoms with Gasteiger partial charge in [-0.15, -0.1) is 5.10 Å². The van der Waals surface area contributed by atoms with Gasteiger partial charge in [0.2, 0.25) is 0 Å². The van der Waals surface area contributed by atoms with Gasteiger partial charge in [0.25, 0.3) is 5.56 Å². The highest BCUT2D eigenvalue weighted by molar-refractivity contribution is 6.31. The summed E-state index contributed by atoms with van der Waals surface area (Å²) in [4.78, 5) is 37.0. The highest BCUT2D eigenvalue weighted by atomic mass is 35.5. The maximum Gasteiger partial charge on any atom is 0.361 e. The van der Waals surface area contributed by atoms with E-state index in [0.717, 1.165) is 6.42 Å². The number of ether oxygens (including phenoxy) is 1. The number of halogens is 1. The Balaban J connectivity index is 1.58. The summed E-state index contributed by atoms with van der Waals surface area (Å²) in [5.41, 5.74) is 1.48. The molecule has 3 heterocycles. The summed E-state index contributed by atoms with van der Waals surface area (Å²) in [6, 6.07) is 7.52. The molecule has 1 aliphatic heterocycles. The Morgan fingerprint density at radius 2 is 1.97 bits per heavy atom. The van der Waals surface area contributed by atoms with Crippen LogP contribution in [0.15, 0.2) is 41.3 Å². The highest BCUT2D eigenvalue weighted by Gasteiger charge is 2.55. The molecule has 33 heavy (non-hydrogen) atoms. The Bertz CT molecular complexity index is 1370. The van der Waals surface area contributed by atoms with E-state index in [9.17, 15) is 19.5 Å². The van der Waals surface area contributed by atoms with Crippen molar-refractivity contribution in [2.45, 2.75) is 44.8 Å². The van der Waals surface area contributed by atoms with Gasteiger partial charge in [-0.25, -0.2) is 14.3 Å². The molecule has 2 aromatic heterocycles. The van der Waals surface area contributed by atoms with Gasteiger partial charge in [0.05, 0.1) is 11.9 Å². The third-order valence-electron chi connectivity index (χ3n) is 5.87. The average Bonchev–Trinajstić information content (AvgIpc) is 3.19. The van der Waals surface area contributed by atoms with Crippen LogP contribution in [0.4, 0.5) is 0 Å². The molecule has 170 valence electrons. The molecule has 9 nitrogen and oxygen atoms in total. The number of carboxylic acid groups (broad SMARTS) is 1. The maximum atomic E-state index is 12.9. The predicted molar refractivity (Wildman–Crippen MR) is 119 cm³/mol. The van der Waals surface area contributed by atoms with Gasteiger partial charge >= 0.3 is 11.9 Å². The van der Waals surface area contributed by atoms with Crippen molar-refractivity contribution in [2.75, 3.05) is 0 Å². The largest absolute Gasteiger partial charge is 0.480 e. The molecule has 1 aromatic carbocycles. The van der Waals surface area contributed by atoms with Crippen molar-refractivity contribution in [3.63, 3.8) is 0 Å². The van der Waals surface area contributed by atoms with Crippen molar-refractivity contribution in [2.24, 2.45) is 5.92 Å². The van der Waals surface area contributed by atoms with Gasteiger partial charge in [-0.05, 0) is 62.9 Å². The summed E-state index contributed by atoms with van der Waals surface area (Å²) in [6.07, 6.45) is 2.21. The smallest absolute Gasteiger partial charge is 0.361 e. The van der Waals surface area contributed by atoms with E-state index in [0.29, 0.717) is 27.5 Å². The van der Waals surface area contributed by atoms with E-state index < -0.39 is 23.6 Å². The summed E-state index contributed by atoms with van der Waals surface area (Å²) < 4.78 is 8.16. The molecule has 1 fully saturated rings. The summed E-state index contributed by atoms with van der Waals surface area (Å²) in [5.74, 6) is -1.57. The zero-order valence-corrected chi connectivity index (χ0v) is 18.9. The number of fused-ring (bicyclic) bond motifs is 3. The molecule has 3 atom stereocenters. The average molecular weight is 469 g/mol. The Labute approximate surface area is 193 Å². The SMILES string of the molecule is CC(C)(C)OC(=O)c1cn(-c2ccc(Cl)cc2-c2cc3n(c(=O)c2)[C@H](C(=O)O)[C@H]2C[C@@H]32)nn1. The number of esters is 1. The monoisotopic (exact) mass is 468 g/mol. The van der Waals surface area contributed by atoms with Gasteiger partial charge in [0.1, 0.15) is 11.6 Å². The van der Waals surface area contributed by atoms with Gasteiger partial charge in [-0.1, -0.05) is 16.8 Å². The lowest BCUT2D eigenvalue weighted by molar-refractivity contribution is -0.141. The van der Waals surface area contributed by atoms with Crippen molar-refractivity contribution >= 4 is 23.5 Å². The van der Waals surface area contributed by atoms with Crippen LogP contribution in [-0.4, -0.2) is 42.2 Å². The molecule has 0 bridgehead atoms. The molecule has 1 saturated carbocycles. The van der Waals surface area contributed by atoms with Crippen molar-refractivity contribution in [3.05, 3.63) is 63.3 Å². The first-order chi connectivity index (χ1) is 15.5. The lowest BCUT2D eigenvalue weighted by Crippen LogP contribution is -2.29. The number of aliphatic carboxylic acids is 1.